The Hall–Kier alpha value is -0.720. The van der Waals surface area contributed by atoms with Crippen LogP contribution < -0.4 is 0 Å². The van der Waals surface area contributed by atoms with Gasteiger partial charge in [-0.05, 0) is 57.1 Å². The minimum absolute atomic E-state index is 0.507. The van der Waals surface area contributed by atoms with E-state index in [2.05, 4.69) is 19.1 Å². The lowest BCUT2D eigenvalue weighted by atomic mass is 10.1. The molecule has 0 aromatic rings. The molecule has 1 heteroatoms. The van der Waals surface area contributed by atoms with Gasteiger partial charge in [-0.1, -0.05) is 6.08 Å². The minimum Gasteiger partial charge on any atom is -0.491 e. The molecule has 2 aliphatic carbocycles. The maximum absolute atomic E-state index is 5.96. The van der Waals surface area contributed by atoms with Gasteiger partial charge in [0.2, 0.25) is 0 Å². The fourth-order valence-electron chi connectivity index (χ4n) is 2.10. The highest BCUT2D eigenvalue weighted by Crippen LogP contribution is 2.27. The zero-order chi connectivity index (χ0) is 9.10. The Balaban J connectivity index is 1.93. The summed E-state index contributed by atoms with van der Waals surface area (Å²) in [5, 5.41) is 0. The van der Waals surface area contributed by atoms with Gasteiger partial charge in [-0.3, -0.25) is 0 Å². The van der Waals surface area contributed by atoms with E-state index < -0.39 is 0 Å². The van der Waals surface area contributed by atoms with Crippen LogP contribution >= 0.6 is 0 Å². The van der Waals surface area contributed by atoms with Crippen molar-refractivity contribution in [2.24, 2.45) is 0 Å². The standard InChI is InChI=1S/C12H18O/c1-10-6-2-5-9-12(10)13-11-7-3-4-8-11/h6,9,11H,2-5,7-8H2,1H3. The lowest BCUT2D eigenvalue weighted by Crippen LogP contribution is -2.09. The van der Waals surface area contributed by atoms with E-state index in [9.17, 15) is 0 Å². The first-order valence-electron chi connectivity index (χ1n) is 5.40. The second kappa shape index (κ2) is 3.99. The van der Waals surface area contributed by atoms with E-state index in [1.165, 1.54) is 37.7 Å². The van der Waals surface area contributed by atoms with Gasteiger partial charge < -0.3 is 4.74 Å². The largest absolute Gasteiger partial charge is 0.491 e. The molecule has 1 saturated carbocycles. The molecular formula is C12H18O. The van der Waals surface area contributed by atoms with Crippen LogP contribution in [0.4, 0.5) is 0 Å². The highest BCUT2D eigenvalue weighted by atomic mass is 16.5. The maximum Gasteiger partial charge on any atom is 0.118 e. The molecule has 0 amide bonds. The van der Waals surface area contributed by atoms with Crippen LogP contribution in [0, 0.1) is 0 Å². The third-order valence-electron chi connectivity index (χ3n) is 2.93. The fourth-order valence-corrected chi connectivity index (χ4v) is 2.10. The summed E-state index contributed by atoms with van der Waals surface area (Å²) >= 11 is 0. The molecule has 0 radical (unpaired) electrons. The molecule has 13 heavy (non-hydrogen) atoms. The van der Waals surface area contributed by atoms with Crippen molar-refractivity contribution in [3.8, 4) is 0 Å². The number of allylic oxidation sites excluding steroid dienone is 3. The van der Waals surface area contributed by atoms with Gasteiger partial charge >= 0.3 is 0 Å². The van der Waals surface area contributed by atoms with E-state index >= 15 is 0 Å². The molecule has 0 bridgehead atoms. The summed E-state index contributed by atoms with van der Waals surface area (Å²) in [6.45, 7) is 2.15. The lowest BCUT2D eigenvalue weighted by molar-refractivity contribution is 0.126. The number of rotatable bonds is 2. The Morgan fingerprint density at radius 3 is 2.54 bits per heavy atom. The van der Waals surface area contributed by atoms with Crippen LogP contribution in [0.3, 0.4) is 0 Å². The topological polar surface area (TPSA) is 9.23 Å². The molecule has 1 fully saturated rings. The van der Waals surface area contributed by atoms with Gasteiger partial charge in [-0.2, -0.15) is 0 Å². The maximum atomic E-state index is 5.96. The SMILES string of the molecule is CC1=CCCC=C1OC1CCCC1. The summed E-state index contributed by atoms with van der Waals surface area (Å²) in [5.41, 5.74) is 1.33. The van der Waals surface area contributed by atoms with Gasteiger partial charge in [0.15, 0.2) is 0 Å². The summed E-state index contributed by atoms with van der Waals surface area (Å²) < 4.78 is 5.96. The van der Waals surface area contributed by atoms with Gasteiger partial charge in [-0.25, -0.2) is 0 Å². The van der Waals surface area contributed by atoms with Gasteiger partial charge in [-0.15, -0.1) is 0 Å². The van der Waals surface area contributed by atoms with E-state index in [1.807, 2.05) is 0 Å². The van der Waals surface area contributed by atoms with Crippen molar-refractivity contribution in [2.75, 3.05) is 0 Å². The predicted molar refractivity (Wildman–Crippen MR) is 54.4 cm³/mol. The summed E-state index contributed by atoms with van der Waals surface area (Å²) in [6.07, 6.45) is 12.6. The lowest BCUT2D eigenvalue weighted by Gasteiger charge is -2.19. The van der Waals surface area contributed by atoms with Gasteiger partial charge in [0.25, 0.3) is 0 Å². The van der Waals surface area contributed by atoms with Gasteiger partial charge in [0.05, 0.1) is 6.10 Å². The molecule has 0 aromatic carbocycles. The van der Waals surface area contributed by atoms with Crippen LogP contribution in [0.5, 0.6) is 0 Å². The first kappa shape index (κ1) is 8.86. The molecular weight excluding hydrogens is 160 g/mol. The van der Waals surface area contributed by atoms with Crippen LogP contribution in [-0.2, 0) is 4.74 Å². The number of hydrogen-bond donors (Lipinski definition) is 0. The molecule has 0 saturated heterocycles. The van der Waals surface area contributed by atoms with Crippen molar-refractivity contribution in [2.45, 2.75) is 51.6 Å². The molecule has 0 N–H and O–H groups in total. The highest BCUT2D eigenvalue weighted by Gasteiger charge is 2.18. The molecule has 0 atom stereocenters. The van der Waals surface area contributed by atoms with Crippen molar-refractivity contribution in [3.63, 3.8) is 0 Å². The van der Waals surface area contributed by atoms with E-state index in [0.717, 1.165) is 12.2 Å². The van der Waals surface area contributed by atoms with E-state index in [4.69, 9.17) is 4.74 Å². The van der Waals surface area contributed by atoms with Crippen molar-refractivity contribution in [1.29, 1.82) is 0 Å². The second-order valence-electron chi connectivity index (χ2n) is 4.06. The molecule has 0 aromatic heterocycles. The van der Waals surface area contributed by atoms with Crippen LogP contribution in [0.2, 0.25) is 0 Å². The molecule has 0 aliphatic heterocycles. The zero-order valence-corrected chi connectivity index (χ0v) is 8.38. The average molecular weight is 178 g/mol. The average Bonchev–Trinajstić information content (AvgIpc) is 2.61. The van der Waals surface area contributed by atoms with Crippen LogP contribution in [-0.4, -0.2) is 6.10 Å². The number of ether oxygens (including phenoxy) is 1. The Morgan fingerprint density at radius 1 is 1.15 bits per heavy atom. The Morgan fingerprint density at radius 2 is 1.85 bits per heavy atom. The highest BCUT2D eigenvalue weighted by molar-refractivity contribution is 5.26. The van der Waals surface area contributed by atoms with Crippen molar-refractivity contribution < 1.29 is 4.74 Å². The van der Waals surface area contributed by atoms with E-state index in [-0.39, 0.29) is 0 Å². The van der Waals surface area contributed by atoms with Gasteiger partial charge in [0.1, 0.15) is 5.76 Å². The summed E-state index contributed by atoms with van der Waals surface area (Å²) in [5.74, 6) is 1.15. The third-order valence-corrected chi connectivity index (χ3v) is 2.93. The Bertz CT molecular complexity index is 232. The summed E-state index contributed by atoms with van der Waals surface area (Å²) in [4.78, 5) is 0. The molecule has 0 heterocycles. The van der Waals surface area contributed by atoms with Crippen molar-refractivity contribution in [1.82, 2.24) is 0 Å². The normalized spacial score (nSPS) is 24.1. The van der Waals surface area contributed by atoms with Crippen LogP contribution in [0.25, 0.3) is 0 Å². The predicted octanol–water partition coefficient (Wildman–Crippen LogP) is 3.57. The van der Waals surface area contributed by atoms with E-state index in [1.54, 1.807) is 0 Å². The smallest absolute Gasteiger partial charge is 0.118 e. The molecule has 72 valence electrons. The summed E-state index contributed by atoms with van der Waals surface area (Å²) in [6, 6.07) is 0. The monoisotopic (exact) mass is 178 g/mol. The molecule has 2 aliphatic rings. The first-order chi connectivity index (χ1) is 6.36. The molecule has 0 unspecified atom stereocenters. The molecule has 1 nitrogen and oxygen atoms in total. The minimum atomic E-state index is 0.507. The molecule has 2 rings (SSSR count). The third kappa shape index (κ3) is 2.15. The quantitative estimate of drug-likeness (QED) is 0.628. The van der Waals surface area contributed by atoms with Gasteiger partial charge in [0, 0.05) is 0 Å². The first-order valence-corrected chi connectivity index (χ1v) is 5.40. The second-order valence-corrected chi connectivity index (χ2v) is 4.06. The van der Waals surface area contributed by atoms with Crippen LogP contribution in [0.1, 0.15) is 45.4 Å². The Labute approximate surface area is 80.5 Å². The van der Waals surface area contributed by atoms with E-state index in [0.29, 0.717) is 6.10 Å². The van der Waals surface area contributed by atoms with Crippen molar-refractivity contribution in [3.05, 3.63) is 23.5 Å². The van der Waals surface area contributed by atoms with Crippen molar-refractivity contribution >= 4 is 0 Å². The summed E-state index contributed by atoms with van der Waals surface area (Å²) in [7, 11) is 0. The fraction of sp³-hybridized carbons (Fsp3) is 0.667. The molecule has 0 spiro atoms. The Kier molecular flexibility index (Phi) is 2.72. The van der Waals surface area contributed by atoms with Crippen LogP contribution in [0.15, 0.2) is 23.5 Å². The zero-order valence-electron chi connectivity index (χ0n) is 8.38. The number of hydrogen-bond acceptors (Lipinski definition) is 1.